The number of hydrogen-bond donors (Lipinski definition) is 5. The van der Waals surface area contributed by atoms with Crippen LogP contribution in [-0.2, 0) is 24.0 Å². The number of likely N-dealkylation sites (N-methyl/N-ethyl adjacent to an activating group) is 1. The van der Waals surface area contributed by atoms with Crippen LogP contribution in [0, 0.1) is 11.3 Å². The van der Waals surface area contributed by atoms with E-state index in [9.17, 15) is 37.1 Å². The average Bonchev–Trinajstić information content (AvgIpc) is 3.18. The van der Waals surface area contributed by atoms with Crippen molar-refractivity contribution in [3.63, 3.8) is 0 Å². The van der Waals surface area contributed by atoms with E-state index in [1.54, 1.807) is 12.4 Å². The van der Waals surface area contributed by atoms with Gasteiger partial charge in [0.15, 0.2) is 0 Å². The van der Waals surface area contributed by atoms with Gasteiger partial charge in [0, 0.05) is 12.5 Å². The summed E-state index contributed by atoms with van der Waals surface area (Å²) in [6, 6.07) is -1.78. The number of hydrogen-bond acceptors (Lipinski definition) is 6. The summed E-state index contributed by atoms with van der Waals surface area (Å²) in [6.45, 7) is 13.1. The summed E-state index contributed by atoms with van der Waals surface area (Å²) in [5.41, 5.74) is 4.21. The van der Waals surface area contributed by atoms with Crippen molar-refractivity contribution in [1.82, 2.24) is 21.3 Å². The van der Waals surface area contributed by atoms with Crippen LogP contribution in [0.4, 0.5) is 13.2 Å². The SMILES string of the molecule is CC.CC(C)(C)C(NC(=O)C(F)(F)F)C(=O)NCC=O.CCC.CNC(CC1CCNC1=O)C(N)=O. The maximum absolute atomic E-state index is 12.1. The van der Waals surface area contributed by atoms with Gasteiger partial charge >= 0.3 is 12.1 Å². The van der Waals surface area contributed by atoms with Gasteiger partial charge in [-0.05, 0) is 25.3 Å². The molecule has 0 aromatic heterocycles. The Morgan fingerprint density at radius 3 is 1.97 bits per heavy atom. The Morgan fingerprint density at radius 1 is 1.17 bits per heavy atom. The summed E-state index contributed by atoms with van der Waals surface area (Å²) in [6.07, 6.45) is -2.13. The zero-order chi connectivity index (χ0) is 29.1. The summed E-state index contributed by atoms with van der Waals surface area (Å²) >= 11 is 0. The molecule has 13 heteroatoms. The minimum absolute atomic E-state index is 0.0292. The van der Waals surface area contributed by atoms with E-state index in [0.29, 0.717) is 19.3 Å². The van der Waals surface area contributed by atoms with Crippen LogP contribution in [0.5, 0.6) is 0 Å². The minimum Gasteiger partial charge on any atom is -0.368 e. The number of carbonyl (C=O) groups excluding carboxylic acids is 5. The second-order valence-electron chi connectivity index (χ2n) is 8.65. The molecule has 0 saturated carbocycles. The lowest BCUT2D eigenvalue weighted by Crippen LogP contribution is -2.56. The Hall–Kier alpha value is -2.70. The number of nitrogens with two attached hydrogens (primary N) is 1. The van der Waals surface area contributed by atoms with Crippen LogP contribution in [0.25, 0.3) is 0 Å². The fourth-order valence-corrected chi connectivity index (χ4v) is 2.66. The lowest BCUT2D eigenvalue weighted by atomic mass is 9.86. The van der Waals surface area contributed by atoms with Crippen LogP contribution in [0.15, 0.2) is 0 Å². The van der Waals surface area contributed by atoms with Crippen molar-refractivity contribution in [3.05, 3.63) is 0 Å². The molecule has 1 saturated heterocycles. The van der Waals surface area contributed by atoms with Crippen LogP contribution in [0.2, 0.25) is 0 Å². The average molecular weight is 528 g/mol. The molecule has 1 aliphatic rings. The van der Waals surface area contributed by atoms with Crippen molar-refractivity contribution in [2.45, 2.75) is 86.0 Å². The standard InChI is InChI=1S/C10H15F3N2O3.C8H15N3O2.C3H8.C2H6/c1-9(2,3)6(7(17)14-4-5-16)15-8(18)10(11,12)13;1-10-6(7(9)12)4-5-2-3-11-8(5)13;1-3-2;1-2/h5-6H,4H2,1-3H3,(H,14,17)(H,15,18);5-6,10H,2-4H2,1H3,(H2,9,12)(H,11,13);3H2,1-2H3;1-2H3. The maximum Gasteiger partial charge on any atom is 0.471 e. The normalized spacial score (nSPS) is 16.2. The topological polar surface area (TPSA) is 159 Å². The number of alkyl halides is 3. The summed E-state index contributed by atoms with van der Waals surface area (Å²) in [4.78, 5) is 54.5. The molecular weight excluding hydrogens is 483 g/mol. The summed E-state index contributed by atoms with van der Waals surface area (Å²) in [7, 11) is 1.67. The van der Waals surface area contributed by atoms with Gasteiger partial charge in [0.25, 0.3) is 0 Å². The predicted molar refractivity (Wildman–Crippen MR) is 132 cm³/mol. The first-order valence-electron chi connectivity index (χ1n) is 11.9. The highest BCUT2D eigenvalue weighted by molar-refractivity contribution is 5.91. The fourth-order valence-electron chi connectivity index (χ4n) is 2.66. The lowest BCUT2D eigenvalue weighted by Gasteiger charge is -2.30. The van der Waals surface area contributed by atoms with E-state index < -0.39 is 41.4 Å². The molecule has 4 amide bonds. The number of rotatable bonds is 8. The molecule has 3 atom stereocenters. The Bertz CT molecular complexity index is 682. The van der Waals surface area contributed by atoms with E-state index in [-0.39, 0.29) is 18.4 Å². The van der Waals surface area contributed by atoms with Gasteiger partial charge in [-0.25, -0.2) is 0 Å². The first-order valence-corrected chi connectivity index (χ1v) is 11.9. The highest BCUT2D eigenvalue weighted by atomic mass is 19.4. The van der Waals surface area contributed by atoms with Crippen LogP contribution >= 0.6 is 0 Å². The first kappa shape index (κ1) is 37.8. The van der Waals surface area contributed by atoms with Crippen LogP contribution in [0.3, 0.4) is 0 Å². The van der Waals surface area contributed by atoms with E-state index in [4.69, 9.17) is 5.73 Å². The Kier molecular flexibility index (Phi) is 20.5. The molecule has 1 fully saturated rings. The smallest absolute Gasteiger partial charge is 0.368 e. The summed E-state index contributed by atoms with van der Waals surface area (Å²) in [5.74, 6) is -3.47. The third kappa shape index (κ3) is 16.8. The molecule has 1 heterocycles. The molecule has 0 spiro atoms. The second kappa shape index (κ2) is 19.5. The molecule has 0 aromatic rings. The minimum atomic E-state index is -5.06. The maximum atomic E-state index is 12.1. The van der Waals surface area contributed by atoms with Crippen molar-refractivity contribution >= 4 is 29.9 Å². The van der Waals surface area contributed by atoms with Gasteiger partial charge < -0.3 is 31.8 Å². The number of amides is 4. The molecule has 212 valence electrons. The van der Waals surface area contributed by atoms with E-state index in [1.165, 1.54) is 27.2 Å². The van der Waals surface area contributed by atoms with E-state index in [0.717, 1.165) is 6.42 Å². The molecule has 3 unspecified atom stereocenters. The third-order valence-corrected chi connectivity index (χ3v) is 4.40. The fraction of sp³-hybridized carbons (Fsp3) is 0.783. The van der Waals surface area contributed by atoms with Crippen molar-refractivity contribution in [2.24, 2.45) is 17.1 Å². The van der Waals surface area contributed by atoms with E-state index in [2.05, 4.69) is 29.8 Å². The third-order valence-electron chi connectivity index (χ3n) is 4.40. The zero-order valence-electron chi connectivity index (χ0n) is 22.6. The number of halogens is 3. The van der Waals surface area contributed by atoms with Crippen molar-refractivity contribution in [2.75, 3.05) is 20.1 Å². The molecule has 36 heavy (non-hydrogen) atoms. The quantitative estimate of drug-likeness (QED) is 0.300. The largest absolute Gasteiger partial charge is 0.471 e. The molecule has 0 aromatic carbocycles. The second-order valence-corrected chi connectivity index (χ2v) is 8.65. The van der Waals surface area contributed by atoms with Gasteiger partial charge in [-0.2, -0.15) is 13.2 Å². The highest BCUT2D eigenvalue weighted by Gasteiger charge is 2.43. The molecule has 1 aliphatic heterocycles. The van der Waals surface area contributed by atoms with Crippen LogP contribution in [0.1, 0.15) is 67.7 Å². The van der Waals surface area contributed by atoms with Gasteiger partial charge in [-0.15, -0.1) is 0 Å². The van der Waals surface area contributed by atoms with Crippen LogP contribution in [-0.4, -0.2) is 68.3 Å². The predicted octanol–water partition coefficient (Wildman–Crippen LogP) is 1.42. The van der Waals surface area contributed by atoms with Gasteiger partial charge in [0.2, 0.25) is 17.7 Å². The molecule has 6 N–H and O–H groups in total. The summed E-state index contributed by atoms with van der Waals surface area (Å²) in [5, 5.41) is 9.23. The van der Waals surface area contributed by atoms with E-state index >= 15 is 0 Å². The van der Waals surface area contributed by atoms with Crippen molar-refractivity contribution in [1.29, 1.82) is 0 Å². The number of carbonyl (C=O) groups is 5. The molecule has 0 bridgehead atoms. The lowest BCUT2D eigenvalue weighted by molar-refractivity contribution is -0.175. The number of aldehydes is 1. The number of nitrogens with one attached hydrogen (secondary N) is 4. The highest BCUT2D eigenvalue weighted by Crippen LogP contribution is 2.22. The Labute approximate surface area is 212 Å². The molecular formula is C23H44F3N5O5. The Morgan fingerprint density at radius 2 is 1.67 bits per heavy atom. The van der Waals surface area contributed by atoms with Gasteiger partial charge in [-0.1, -0.05) is 54.9 Å². The number of primary amides is 1. The molecule has 0 aliphatic carbocycles. The monoisotopic (exact) mass is 527 g/mol. The first-order chi connectivity index (χ1) is 16.6. The Balaban J connectivity index is -0.000000528. The van der Waals surface area contributed by atoms with Crippen LogP contribution < -0.4 is 27.0 Å². The van der Waals surface area contributed by atoms with Crippen molar-refractivity contribution < 1.29 is 37.1 Å². The zero-order valence-corrected chi connectivity index (χ0v) is 22.6. The van der Waals surface area contributed by atoms with E-state index in [1.807, 2.05) is 13.8 Å². The summed E-state index contributed by atoms with van der Waals surface area (Å²) < 4.78 is 36.3. The molecule has 10 nitrogen and oxygen atoms in total. The van der Waals surface area contributed by atoms with Gasteiger partial charge in [0.05, 0.1) is 12.6 Å². The van der Waals surface area contributed by atoms with Gasteiger partial charge in [0.1, 0.15) is 12.3 Å². The molecule has 0 radical (unpaired) electrons. The van der Waals surface area contributed by atoms with Crippen molar-refractivity contribution in [3.8, 4) is 0 Å². The van der Waals surface area contributed by atoms with Gasteiger partial charge in [-0.3, -0.25) is 19.2 Å². The molecule has 1 rings (SSSR count).